The molecule has 9 rings (SSSR count). The maximum atomic E-state index is 6.29. The first-order chi connectivity index (χ1) is 21.3. The van der Waals surface area contributed by atoms with Gasteiger partial charge < -0.3 is 4.42 Å². The zero-order valence-electron chi connectivity index (χ0n) is 23.4. The second kappa shape index (κ2) is 9.75. The van der Waals surface area contributed by atoms with Crippen molar-refractivity contribution in [3.05, 3.63) is 126 Å². The van der Waals surface area contributed by atoms with Crippen LogP contribution in [-0.4, -0.2) is 11.9 Å². The van der Waals surface area contributed by atoms with E-state index in [-0.39, 0.29) is 0 Å². The molecule has 204 valence electrons. The number of hydrogen-bond acceptors (Lipinski definition) is 4. The Morgan fingerprint density at radius 2 is 1.51 bits per heavy atom. The molecule has 4 heteroatoms. The van der Waals surface area contributed by atoms with Crippen LogP contribution in [0.4, 0.5) is 11.6 Å². The number of hydrogen-bond donors (Lipinski definition) is 0. The number of benzene rings is 5. The van der Waals surface area contributed by atoms with Crippen LogP contribution < -0.4 is 0 Å². The lowest BCUT2D eigenvalue weighted by molar-refractivity contribution is 0.626. The fourth-order valence-corrected chi connectivity index (χ4v) is 7.81. The minimum atomic E-state index is 0.593. The van der Waals surface area contributed by atoms with Gasteiger partial charge in [-0.2, -0.15) is 0 Å². The van der Waals surface area contributed by atoms with Gasteiger partial charge in [-0.25, -0.2) is 4.99 Å². The van der Waals surface area contributed by atoms with Crippen molar-refractivity contribution in [3.63, 3.8) is 0 Å². The van der Waals surface area contributed by atoms with E-state index in [0.717, 1.165) is 46.3 Å². The summed E-state index contributed by atoms with van der Waals surface area (Å²) < 4.78 is 8.95. The Morgan fingerprint density at radius 3 is 2.44 bits per heavy atom. The Kier molecular flexibility index (Phi) is 5.56. The van der Waals surface area contributed by atoms with Crippen molar-refractivity contribution in [2.75, 3.05) is 0 Å². The summed E-state index contributed by atoms with van der Waals surface area (Å²) in [6, 6.07) is 37.1. The fourth-order valence-electron chi connectivity index (χ4n) is 6.57. The van der Waals surface area contributed by atoms with E-state index < -0.39 is 0 Å². The van der Waals surface area contributed by atoms with Crippen molar-refractivity contribution in [2.45, 2.75) is 19.3 Å². The summed E-state index contributed by atoms with van der Waals surface area (Å²) in [6.07, 6.45) is 9.19. The normalized spacial score (nSPS) is 14.2. The molecule has 1 aliphatic carbocycles. The molecule has 0 radical (unpaired) electrons. The number of rotatable bonds is 3. The molecule has 0 saturated carbocycles. The van der Waals surface area contributed by atoms with Gasteiger partial charge in [0.2, 0.25) is 5.88 Å². The summed E-state index contributed by atoms with van der Waals surface area (Å²) in [4.78, 5) is 9.91. The van der Waals surface area contributed by atoms with Gasteiger partial charge in [-0.3, -0.25) is 4.99 Å². The van der Waals surface area contributed by atoms with Crippen LogP contribution in [-0.2, 0) is 6.42 Å². The van der Waals surface area contributed by atoms with Crippen molar-refractivity contribution in [3.8, 4) is 22.3 Å². The largest absolute Gasteiger partial charge is 0.436 e. The van der Waals surface area contributed by atoms with E-state index >= 15 is 0 Å². The molecule has 0 bridgehead atoms. The van der Waals surface area contributed by atoms with Crippen LogP contribution in [0.15, 0.2) is 124 Å². The third-order valence-corrected chi connectivity index (χ3v) is 9.88. The summed E-state index contributed by atoms with van der Waals surface area (Å²) in [7, 11) is 0. The summed E-state index contributed by atoms with van der Waals surface area (Å²) in [5.41, 5.74) is 11.1. The number of thiophene rings is 1. The fraction of sp³-hybridized carbons (Fsp3) is 0.0769. The van der Waals surface area contributed by atoms with Gasteiger partial charge in [0, 0.05) is 32.8 Å². The van der Waals surface area contributed by atoms with Crippen molar-refractivity contribution < 1.29 is 4.42 Å². The monoisotopic (exact) mass is 570 g/mol. The summed E-state index contributed by atoms with van der Waals surface area (Å²) >= 11 is 1.87. The molecule has 7 aromatic rings. The highest BCUT2D eigenvalue weighted by Crippen LogP contribution is 2.45. The molecule has 0 spiro atoms. The SMILES string of the molecule is C1=Cc2c(ccc3oc4c(c23)N=CCC(c2cccc(-c3cccc(-c5cccc6c5sc5ccccc56)c3)c2)=N4)CC1. The number of fused-ring (bicyclic) bond motifs is 8. The van der Waals surface area contributed by atoms with Crippen LogP contribution in [0, 0.1) is 0 Å². The Morgan fingerprint density at radius 1 is 0.721 bits per heavy atom. The molecule has 2 aliphatic rings. The lowest BCUT2D eigenvalue weighted by Crippen LogP contribution is -2.00. The first-order valence-electron chi connectivity index (χ1n) is 14.8. The molecule has 3 heterocycles. The highest BCUT2D eigenvalue weighted by molar-refractivity contribution is 7.26. The predicted octanol–water partition coefficient (Wildman–Crippen LogP) is 11.3. The maximum Gasteiger partial charge on any atom is 0.246 e. The quantitative estimate of drug-likeness (QED) is 0.208. The molecule has 0 atom stereocenters. The zero-order chi connectivity index (χ0) is 28.3. The van der Waals surface area contributed by atoms with Crippen LogP contribution in [0.2, 0.25) is 0 Å². The van der Waals surface area contributed by atoms with Crippen molar-refractivity contribution in [1.29, 1.82) is 0 Å². The molecule has 5 aromatic carbocycles. The number of aryl methyl sites for hydroxylation is 1. The summed E-state index contributed by atoms with van der Waals surface area (Å²) in [6.45, 7) is 0. The second-order valence-electron chi connectivity index (χ2n) is 11.2. The van der Waals surface area contributed by atoms with E-state index in [4.69, 9.17) is 14.4 Å². The highest BCUT2D eigenvalue weighted by atomic mass is 32.1. The van der Waals surface area contributed by atoms with Gasteiger partial charge in [0.1, 0.15) is 11.3 Å². The van der Waals surface area contributed by atoms with E-state index in [2.05, 4.69) is 115 Å². The Labute approximate surface area is 253 Å². The predicted molar refractivity (Wildman–Crippen MR) is 183 cm³/mol. The van der Waals surface area contributed by atoms with Gasteiger partial charge in [-0.15, -0.1) is 11.3 Å². The molecule has 0 fully saturated rings. The van der Waals surface area contributed by atoms with Gasteiger partial charge in [0.25, 0.3) is 0 Å². The lowest BCUT2D eigenvalue weighted by atomic mass is 9.94. The Bertz CT molecular complexity index is 2330. The van der Waals surface area contributed by atoms with Crippen molar-refractivity contribution in [2.24, 2.45) is 9.98 Å². The molecular weight excluding hydrogens is 545 g/mol. The molecule has 0 N–H and O–H groups in total. The van der Waals surface area contributed by atoms with Crippen molar-refractivity contribution in [1.82, 2.24) is 0 Å². The zero-order valence-corrected chi connectivity index (χ0v) is 24.2. The number of allylic oxidation sites excluding steroid dienone is 1. The van der Waals surface area contributed by atoms with Gasteiger partial charge in [0.05, 0.1) is 11.1 Å². The van der Waals surface area contributed by atoms with Gasteiger partial charge >= 0.3 is 0 Å². The number of furan rings is 1. The van der Waals surface area contributed by atoms with Crippen LogP contribution in [0.5, 0.6) is 0 Å². The van der Waals surface area contributed by atoms with Crippen LogP contribution >= 0.6 is 11.3 Å². The molecule has 2 aromatic heterocycles. The Balaban J connectivity index is 1.11. The second-order valence-corrected chi connectivity index (χ2v) is 12.3. The summed E-state index contributed by atoms with van der Waals surface area (Å²) in [5, 5.41) is 3.72. The van der Waals surface area contributed by atoms with Gasteiger partial charge in [-0.05, 0) is 76.1 Å². The van der Waals surface area contributed by atoms with Crippen LogP contribution in [0.25, 0.3) is 59.5 Å². The molecule has 0 unspecified atom stereocenters. The molecule has 3 nitrogen and oxygen atoms in total. The van der Waals surface area contributed by atoms with E-state index in [9.17, 15) is 0 Å². The number of nitrogens with zero attached hydrogens (tertiary/aromatic N) is 2. The van der Waals surface area contributed by atoms with Crippen LogP contribution in [0.3, 0.4) is 0 Å². The van der Waals surface area contributed by atoms with Gasteiger partial charge in [-0.1, -0.05) is 91.0 Å². The average molecular weight is 571 g/mol. The minimum Gasteiger partial charge on any atom is -0.436 e. The molecule has 0 saturated heterocycles. The third-order valence-electron chi connectivity index (χ3n) is 8.66. The van der Waals surface area contributed by atoms with Gasteiger partial charge in [0.15, 0.2) is 0 Å². The van der Waals surface area contributed by atoms with Crippen LogP contribution in [0.1, 0.15) is 29.5 Å². The molecular formula is C39H26N2OS. The lowest BCUT2D eigenvalue weighted by Gasteiger charge is -2.10. The minimum absolute atomic E-state index is 0.593. The Hall–Kier alpha value is -5.06. The van der Waals surface area contributed by atoms with E-state index in [1.165, 1.54) is 48.0 Å². The smallest absolute Gasteiger partial charge is 0.246 e. The highest BCUT2D eigenvalue weighted by Gasteiger charge is 2.21. The third kappa shape index (κ3) is 4.02. The topological polar surface area (TPSA) is 37.9 Å². The van der Waals surface area contributed by atoms with Crippen molar-refractivity contribution >= 4 is 72.1 Å². The standard InChI is InChI=1S/C39H26N2OS/c1-2-13-29-24(8-1)18-19-34-36(29)37-39(42-34)41-33(20-21-40-37)28-12-6-10-26(23-28)25-9-5-11-27(22-25)30-15-7-16-32-31-14-3-4-17-35(31)43-38(30)32/h2-7,9-19,21-23H,1,8,20H2. The average Bonchev–Trinajstić information content (AvgIpc) is 3.55. The van der Waals surface area contributed by atoms with E-state index in [1.54, 1.807) is 0 Å². The maximum absolute atomic E-state index is 6.29. The first-order valence-corrected chi connectivity index (χ1v) is 15.6. The summed E-state index contributed by atoms with van der Waals surface area (Å²) in [5.74, 6) is 0.593. The molecule has 1 aliphatic heterocycles. The van der Waals surface area contributed by atoms with E-state index in [0.29, 0.717) is 12.3 Å². The number of aliphatic imine (C=N–C) groups is 2. The first kappa shape index (κ1) is 24.5. The van der Waals surface area contributed by atoms with E-state index in [1.807, 2.05) is 17.6 Å². The molecule has 0 amide bonds. The molecule has 43 heavy (non-hydrogen) atoms.